The maximum absolute atomic E-state index is 13.3. The SMILES string of the molecule is Cc1ccccc1C(=O)Nc1c(-c2ccccc2)c(=O)c2ccccc2n1C. The minimum absolute atomic E-state index is 0.0972. The first-order valence-corrected chi connectivity index (χ1v) is 9.12. The van der Waals surface area contributed by atoms with Gasteiger partial charge in [-0.1, -0.05) is 60.7 Å². The summed E-state index contributed by atoms with van der Waals surface area (Å²) in [5.74, 6) is 0.253. The van der Waals surface area contributed by atoms with E-state index in [-0.39, 0.29) is 11.3 Å². The van der Waals surface area contributed by atoms with Gasteiger partial charge in [0.15, 0.2) is 5.43 Å². The number of rotatable bonds is 3. The highest BCUT2D eigenvalue weighted by Gasteiger charge is 2.19. The molecule has 4 nitrogen and oxygen atoms in total. The van der Waals surface area contributed by atoms with Crippen molar-refractivity contribution >= 4 is 22.6 Å². The van der Waals surface area contributed by atoms with Crippen molar-refractivity contribution in [2.24, 2.45) is 7.05 Å². The van der Waals surface area contributed by atoms with Crippen molar-refractivity contribution in [3.8, 4) is 11.1 Å². The highest BCUT2D eigenvalue weighted by molar-refractivity contribution is 6.07. The fourth-order valence-corrected chi connectivity index (χ4v) is 3.51. The zero-order valence-electron chi connectivity index (χ0n) is 15.8. The summed E-state index contributed by atoms with van der Waals surface area (Å²) < 4.78 is 1.87. The lowest BCUT2D eigenvalue weighted by Crippen LogP contribution is -2.22. The molecule has 0 spiro atoms. The molecule has 0 radical (unpaired) electrons. The van der Waals surface area contributed by atoms with Crippen LogP contribution >= 0.6 is 0 Å². The maximum atomic E-state index is 13.3. The van der Waals surface area contributed by atoms with Crippen LogP contribution in [0, 0.1) is 6.92 Å². The summed E-state index contributed by atoms with van der Waals surface area (Å²) in [6.07, 6.45) is 0. The van der Waals surface area contributed by atoms with Gasteiger partial charge < -0.3 is 9.88 Å². The molecule has 0 bridgehead atoms. The molecule has 0 unspecified atom stereocenters. The number of fused-ring (bicyclic) bond motifs is 1. The van der Waals surface area contributed by atoms with Crippen molar-refractivity contribution in [1.29, 1.82) is 0 Å². The summed E-state index contributed by atoms with van der Waals surface area (Å²) in [5, 5.41) is 3.61. The fraction of sp³-hybridized carbons (Fsp3) is 0.0833. The van der Waals surface area contributed by atoms with Crippen LogP contribution in [-0.2, 0) is 7.05 Å². The van der Waals surface area contributed by atoms with Gasteiger partial charge in [0.05, 0.1) is 11.1 Å². The second-order valence-electron chi connectivity index (χ2n) is 6.76. The van der Waals surface area contributed by atoms with Gasteiger partial charge in [-0.15, -0.1) is 0 Å². The standard InChI is InChI=1S/C24H20N2O2/c1-16-10-6-7-13-18(16)24(28)25-23-21(17-11-4-3-5-12-17)22(27)19-14-8-9-15-20(19)26(23)2/h3-15H,1-2H3,(H,25,28). The van der Waals surface area contributed by atoms with Gasteiger partial charge in [0.2, 0.25) is 0 Å². The first-order chi connectivity index (χ1) is 13.6. The summed E-state index contributed by atoms with van der Waals surface area (Å²) >= 11 is 0. The Balaban J connectivity index is 1.96. The first-order valence-electron chi connectivity index (χ1n) is 9.12. The normalized spacial score (nSPS) is 10.8. The van der Waals surface area contributed by atoms with Gasteiger partial charge in [0.25, 0.3) is 5.91 Å². The van der Waals surface area contributed by atoms with Crippen molar-refractivity contribution in [3.63, 3.8) is 0 Å². The van der Waals surface area contributed by atoms with Gasteiger partial charge in [0.1, 0.15) is 5.82 Å². The van der Waals surface area contributed by atoms with Crippen LogP contribution in [0.4, 0.5) is 5.82 Å². The predicted octanol–water partition coefficient (Wildman–Crippen LogP) is 4.77. The third kappa shape index (κ3) is 2.99. The second-order valence-corrected chi connectivity index (χ2v) is 6.76. The van der Waals surface area contributed by atoms with E-state index in [0.717, 1.165) is 16.6 Å². The molecule has 138 valence electrons. The minimum Gasteiger partial charge on any atom is -0.330 e. The van der Waals surface area contributed by atoms with Gasteiger partial charge in [0, 0.05) is 18.0 Å². The van der Waals surface area contributed by atoms with E-state index in [1.54, 1.807) is 6.07 Å². The number of aryl methyl sites for hydroxylation is 2. The molecule has 0 saturated heterocycles. The Bertz CT molecular complexity index is 1240. The Hall–Kier alpha value is -3.66. The molecule has 4 heteroatoms. The highest BCUT2D eigenvalue weighted by atomic mass is 16.1. The van der Waals surface area contributed by atoms with Crippen molar-refractivity contribution in [2.45, 2.75) is 6.92 Å². The number of amides is 1. The van der Waals surface area contributed by atoms with Crippen LogP contribution in [0.2, 0.25) is 0 Å². The van der Waals surface area contributed by atoms with Crippen molar-refractivity contribution < 1.29 is 4.79 Å². The molecule has 0 aliphatic rings. The van der Waals surface area contributed by atoms with Crippen LogP contribution in [0.5, 0.6) is 0 Å². The molecule has 3 aromatic carbocycles. The number of anilines is 1. The van der Waals surface area contributed by atoms with Crippen molar-refractivity contribution in [3.05, 3.63) is 100 Å². The van der Waals surface area contributed by atoms with E-state index in [0.29, 0.717) is 22.3 Å². The third-order valence-corrected chi connectivity index (χ3v) is 4.99. The molecule has 0 saturated carbocycles. The number of para-hydroxylation sites is 1. The van der Waals surface area contributed by atoms with Gasteiger partial charge in [-0.2, -0.15) is 0 Å². The summed E-state index contributed by atoms with van der Waals surface area (Å²) in [5.41, 5.74) is 3.40. The number of hydrogen-bond acceptors (Lipinski definition) is 2. The summed E-state index contributed by atoms with van der Waals surface area (Å²) in [7, 11) is 1.86. The lowest BCUT2D eigenvalue weighted by atomic mass is 10.0. The molecule has 28 heavy (non-hydrogen) atoms. The molecule has 0 atom stereocenters. The molecule has 4 rings (SSSR count). The molecule has 0 aliphatic heterocycles. The molecule has 4 aromatic rings. The third-order valence-electron chi connectivity index (χ3n) is 4.99. The summed E-state index contributed by atoms with van der Waals surface area (Å²) in [6, 6.07) is 24.3. The fourth-order valence-electron chi connectivity index (χ4n) is 3.51. The lowest BCUT2D eigenvalue weighted by molar-refractivity contribution is 0.102. The smallest absolute Gasteiger partial charge is 0.257 e. The van der Waals surface area contributed by atoms with Crippen molar-refractivity contribution in [1.82, 2.24) is 4.57 Å². The van der Waals surface area contributed by atoms with E-state index >= 15 is 0 Å². The van der Waals surface area contributed by atoms with Gasteiger partial charge in [-0.25, -0.2) is 0 Å². The molecular weight excluding hydrogens is 348 g/mol. The number of benzene rings is 3. The largest absolute Gasteiger partial charge is 0.330 e. The van der Waals surface area contributed by atoms with Crippen LogP contribution in [0.3, 0.4) is 0 Å². The molecule has 1 amide bonds. The van der Waals surface area contributed by atoms with E-state index in [1.165, 1.54) is 0 Å². The topological polar surface area (TPSA) is 51.1 Å². The minimum atomic E-state index is -0.236. The monoisotopic (exact) mass is 368 g/mol. The number of hydrogen-bond donors (Lipinski definition) is 1. The second kappa shape index (κ2) is 7.16. The molecule has 0 aliphatic carbocycles. The average Bonchev–Trinajstić information content (AvgIpc) is 2.73. The quantitative estimate of drug-likeness (QED) is 0.566. The molecule has 0 fully saturated rings. The Morgan fingerprint density at radius 1 is 0.857 bits per heavy atom. The predicted molar refractivity (Wildman–Crippen MR) is 114 cm³/mol. The Labute approximate surface area is 163 Å². The van der Waals surface area contributed by atoms with E-state index in [2.05, 4.69) is 5.32 Å². The van der Waals surface area contributed by atoms with E-state index in [9.17, 15) is 9.59 Å². The van der Waals surface area contributed by atoms with E-state index < -0.39 is 0 Å². The number of pyridine rings is 1. The molecule has 1 aromatic heterocycles. The first kappa shape index (κ1) is 17.7. The van der Waals surface area contributed by atoms with Crippen LogP contribution < -0.4 is 10.7 Å². The van der Waals surface area contributed by atoms with E-state index in [4.69, 9.17) is 0 Å². The van der Waals surface area contributed by atoms with Gasteiger partial charge in [-0.3, -0.25) is 9.59 Å². The maximum Gasteiger partial charge on any atom is 0.257 e. The Kier molecular flexibility index (Phi) is 4.53. The lowest BCUT2D eigenvalue weighted by Gasteiger charge is -2.18. The number of nitrogens with one attached hydrogen (secondary N) is 1. The summed E-state index contributed by atoms with van der Waals surface area (Å²) in [4.78, 5) is 26.3. The zero-order valence-corrected chi connectivity index (χ0v) is 15.8. The van der Waals surface area contributed by atoms with Crippen LogP contribution in [0.1, 0.15) is 15.9 Å². The van der Waals surface area contributed by atoms with Gasteiger partial charge >= 0.3 is 0 Å². The molecule has 1 heterocycles. The molecule has 1 N–H and O–H groups in total. The Morgan fingerprint density at radius 3 is 2.25 bits per heavy atom. The number of carbonyl (C=O) groups excluding carboxylic acids is 1. The summed E-state index contributed by atoms with van der Waals surface area (Å²) in [6.45, 7) is 1.90. The number of carbonyl (C=O) groups is 1. The Morgan fingerprint density at radius 2 is 1.50 bits per heavy atom. The van der Waals surface area contributed by atoms with Crippen molar-refractivity contribution in [2.75, 3.05) is 5.32 Å². The highest BCUT2D eigenvalue weighted by Crippen LogP contribution is 2.28. The zero-order chi connectivity index (χ0) is 19.7. The number of aromatic nitrogens is 1. The van der Waals surface area contributed by atoms with Crippen LogP contribution in [0.15, 0.2) is 83.7 Å². The number of nitrogens with zero attached hydrogens (tertiary/aromatic N) is 1. The average molecular weight is 368 g/mol. The van der Waals surface area contributed by atoms with Gasteiger partial charge in [-0.05, 0) is 36.2 Å². The molecular formula is C24H20N2O2. The van der Waals surface area contributed by atoms with E-state index in [1.807, 2.05) is 91.3 Å². The van der Waals surface area contributed by atoms with Crippen LogP contribution in [-0.4, -0.2) is 10.5 Å². The van der Waals surface area contributed by atoms with Crippen LogP contribution in [0.25, 0.3) is 22.0 Å².